The molecule has 0 saturated heterocycles. The van der Waals surface area contributed by atoms with Crippen molar-refractivity contribution in [1.29, 1.82) is 0 Å². The van der Waals surface area contributed by atoms with Crippen LogP contribution in [-0.2, 0) is 19.2 Å². The minimum Gasteiger partial charge on any atom is -0.384 e. The number of carbonyl (C=O) groups excluding carboxylic acids is 1. The number of hydrogen-bond acceptors (Lipinski definition) is 3. The van der Waals surface area contributed by atoms with Crippen LogP contribution in [0.1, 0.15) is 18.1 Å². The summed E-state index contributed by atoms with van der Waals surface area (Å²) >= 11 is 0. The Morgan fingerprint density at radius 2 is 2.05 bits per heavy atom. The SMILES string of the molecule is Cn1cc(CNC(=O)NCC(C)(O)c2ccc(F)cc2)cn1. The van der Waals surface area contributed by atoms with Gasteiger partial charge in [0.2, 0.25) is 0 Å². The third-order valence-corrected chi connectivity index (χ3v) is 3.27. The minimum absolute atomic E-state index is 0.0114. The summed E-state index contributed by atoms with van der Waals surface area (Å²) in [7, 11) is 1.80. The first-order valence-corrected chi connectivity index (χ1v) is 6.84. The molecule has 6 nitrogen and oxygen atoms in total. The molecule has 0 spiro atoms. The van der Waals surface area contributed by atoms with Crippen molar-refractivity contribution in [2.75, 3.05) is 6.54 Å². The van der Waals surface area contributed by atoms with Crippen molar-refractivity contribution in [3.8, 4) is 0 Å². The fraction of sp³-hybridized carbons (Fsp3) is 0.333. The quantitative estimate of drug-likeness (QED) is 0.778. The number of rotatable bonds is 5. The number of carbonyl (C=O) groups is 1. The van der Waals surface area contributed by atoms with E-state index in [4.69, 9.17) is 0 Å². The molecule has 22 heavy (non-hydrogen) atoms. The summed E-state index contributed by atoms with van der Waals surface area (Å²) in [4.78, 5) is 11.7. The van der Waals surface area contributed by atoms with Crippen LogP contribution in [0.5, 0.6) is 0 Å². The second kappa shape index (κ2) is 6.57. The van der Waals surface area contributed by atoms with Crippen LogP contribution in [0.15, 0.2) is 36.7 Å². The molecule has 1 atom stereocenters. The van der Waals surface area contributed by atoms with E-state index in [2.05, 4.69) is 15.7 Å². The van der Waals surface area contributed by atoms with Crippen molar-refractivity contribution in [1.82, 2.24) is 20.4 Å². The van der Waals surface area contributed by atoms with E-state index in [1.165, 1.54) is 24.3 Å². The first kappa shape index (κ1) is 16.0. The number of benzene rings is 1. The minimum atomic E-state index is -1.28. The van der Waals surface area contributed by atoms with Crippen LogP contribution < -0.4 is 10.6 Å². The van der Waals surface area contributed by atoms with Gasteiger partial charge in [0.25, 0.3) is 0 Å². The topological polar surface area (TPSA) is 79.2 Å². The van der Waals surface area contributed by atoms with Crippen molar-refractivity contribution in [2.24, 2.45) is 7.05 Å². The highest BCUT2D eigenvalue weighted by Gasteiger charge is 2.23. The Labute approximate surface area is 128 Å². The Hall–Kier alpha value is -2.41. The lowest BCUT2D eigenvalue weighted by molar-refractivity contribution is 0.0593. The summed E-state index contributed by atoms with van der Waals surface area (Å²) in [6, 6.07) is 5.12. The molecule has 0 saturated carbocycles. The van der Waals surface area contributed by atoms with Crippen molar-refractivity contribution in [2.45, 2.75) is 19.1 Å². The molecule has 0 aliphatic heterocycles. The Bertz CT molecular complexity index is 637. The first-order chi connectivity index (χ1) is 10.4. The molecule has 0 aliphatic rings. The average Bonchev–Trinajstić information content (AvgIpc) is 2.89. The van der Waals surface area contributed by atoms with Gasteiger partial charge in [-0.25, -0.2) is 9.18 Å². The van der Waals surface area contributed by atoms with E-state index in [0.717, 1.165) is 5.56 Å². The maximum absolute atomic E-state index is 12.9. The summed E-state index contributed by atoms with van der Waals surface area (Å²) in [5, 5.41) is 19.6. The van der Waals surface area contributed by atoms with E-state index in [1.54, 1.807) is 31.0 Å². The lowest BCUT2D eigenvalue weighted by atomic mass is 9.96. The Morgan fingerprint density at radius 1 is 1.36 bits per heavy atom. The van der Waals surface area contributed by atoms with Gasteiger partial charge in [0.15, 0.2) is 0 Å². The molecule has 0 bridgehead atoms. The van der Waals surface area contributed by atoms with Gasteiger partial charge in [0, 0.05) is 25.4 Å². The first-order valence-electron chi connectivity index (χ1n) is 6.84. The molecule has 7 heteroatoms. The standard InChI is InChI=1S/C15H19FN4O2/c1-15(22,12-3-5-13(16)6-4-12)10-18-14(21)17-7-11-8-19-20(2)9-11/h3-6,8-9,22H,7,10H2,1-2H3,(H2,17,18,21). The normalized spacial score (nSPS) is 13.5. The maximum Gasteiger partial charge on any atom is 0.315 e. The number of aliphatic hydroxyl groups is 1. The number of nitrogens with zero attached hydrogens (tertiary/aromatic N) is 2. The van der Waals surface area contributed by atoms with Gasteiger partial charge in [-0.05, 0) is 24.6 Å². The summed E-state index contributed by atoms with van der Waals surface area (Å²) in [5.41, 5.74) is 0.128. The summed E-state index contributed by atoms with van der Waals surface area (Å²) < 4.78 is 14.5. The number of amides is 2. The monoisotopic (exact) mass is 306 g/mol. The van der Waals surface area contributed by atoms with Crippen molar-refractivity contribution in [3.05, 3.63) is 53.6 Å². The Kier molecular flexibility index (Phi) is 4.77. The van der Waals surface area contributed by atoms with Crippen LogP contribution >= 0.6 is 0 Å². The summed E-state index contributed by atoms with van der Waals surface area (Å²) in [5.74, 6) is -0.373. The van der Waals surface area contributed by atoms with Crippen LogP contribution in [0.25, 0.3) is 0 Å². The summed E-state index contributed by atoms with van der Waals surface area (Å²) in [6.07, 6.45) is 3.46. The van der Waals surface area contributed by atoms with Crippen molar-refractivity contribution >= 4 is 6.03 Å². The van der Waals surface area contributed by atoms with Gasteiger partial charge >= 0.3 is 6.03 Å². The molecule has 1 heterocycles. The third kappa shape index (κ3) is 4.29. The number of aryl methyl sites for hydroxylation is 1. The van der Waals surface area contributed by atoms with E-state index < -0.39 is 11.6 Å². The van der Waals surface area contributed by atoms with Gasteiger partial charge in [0.05, 0.1) is 12.7 Å². The molecule has 1 unspecified atom stereocenters. The van der Waals surface area contributed by atoms with Gasteiger partial charge in [0.1, 0.15) is 11.4 Å². The number of urea groups is 1. The Morgan fingerprint density at radius 3 is 2.64 bits per heavy atom. The highest BCUT2D eigenvalue weighted by molar-refractivity contribution is 5.73. The molecule has 0 aliphatic carbocycles. The van der Waals surface area contributed by atoms with Crippen LogP contribution in [-0.4, -0.2) is 27.5 Å². The lowest BCUT2D eigenvalue weighted by Gasteiger charge is -2.24. The average molecular weight is 306 g/mol. The van der Waals surface area contributed by atoms with Crippen LogP contribution in [0.4, 0.5) is 9.18 Å². The fourth-order valence-electron chi connectivity index (χ4n) is 1.97. The van der Waals surface area contributed by atoms with Crippen molar-refractivity contribution < 1.29 is 14.3 Å². The Balaban J connectivity index is 1.83. The highest BCUT2D eigenvalue weighted by atomic mass is 19.1. The molecular weight excluding hydrogens is 287 g/mol. The number of halogens is 1. The van der Waals surface area contributed by atoms with E-state index in [0.29, 0.717) is 12.1 Å². The predicted molar refractivity (Wildman–Crippen MR) is 79.4 cm³/mol. The maximum atomic E-state index is 12.9. The van der Waals surface area contributed by atoms with Gasteiger partial charge in [-0.15, -0.1) is 0 Å². The molecule has 0 fully saturated rings. The number of nitrogens with one attached hydrogen (secondary N) is 2. The molecule has 0 radical (unpaired) electrons. The molecular formula is C15H19FN4O2. The number of hydrogen-bond donors (Lipinski definition) is 3. The van der Waals surface area contributed by atoms with E-state index in [9.17, 15) is 14.3 Å². The van der Waals surface area contributed by atoms with Gasteiger partial charge < -0.3 is 15.7 Å². The second-order valence-corrected chi connectivity index (χ2v) is 5.34. The largest absolute Gasteiger partial charge is 0.384 e. The van der Waals surface area contributed by atoms with E-state index >= 15 is 0 Å². The fourth-order valence-corrected chi connectivity index (χ4v) is 1.97. The van der Waals surface area contributed by atoms with Crippen LogP contribution in [0, 0.1) is 5.82 Å². The predicted octanol–water partition coefficient (Wildman–Crippen LogP) is 1.27. The number of aromatic nitrogens is 2. The van der Waals surface area contributed by atoms with Crippen LogP contribution in [0.2, 0.25) is 0 Å². The van der Waals surface area contributed by atoms with Gasteiger partial charge in [-0.3, -0.25) is 4.68 Å². The summed E-state index contributed by atoms with van der Waals surface area (Å²) in [6.45, 7) is 1.91. The zero-order valence-electron chi connectivity index (χ0n) is 12.5. The van der Waals surface area contributed by atoms with Gasteiger partial charge in [-0.1, -0.05) is 12.1 Å². The second-order valence-electron chi connectivity index (χ2n) is 5.34. The zero-order chi connectivity index (χ0) is 16.2. The lowest BCUT2D eigenvalue weighted by Crippen LogP contribution is -2.43. The highest BCUT2D eigenvalue weighted by Crippen LogP contribution is 2.19. The molecule has 3 N–H and O–H groups in total. The molecule has 2 aromatic rings. The molecule has 118 valence electrons. The smallest absolute Gasteiger partial charge is 0.315 e. The zero-order valence-corrected chi connectivity index (χ0v) is 12.5. The molecule has 2 amide bonds. The third-order valence-electron chi connectivity index (χ3n) is 3.27. The molecule has 1 aromatic heterocycles. The van der Waals surface area contributed by atoms with Crippen molar-refractivity contribution in [3.63, 3.8) is 0 Å². The van der Waals surface area contributed by atoms with E-state index in [-0.39, 0.29) is 12.4 Å². The molecule has 2 rings (SSSR count). The van der Waals surface area contributed by atoms with Gasteiger partial charge in [-0.2, -0.15) is 5.10 Å². The van der Waals surface area contributed by atoms with E-state index in [1.807, 2.05) is 0 Å². The molecule has 1 aromatic carbocycles. The van der Waals surface area contributed by atoms with Crippen LogP contribution in [0.3, 0.4) is 0 Å².